The quantitative estimate of drug-likeness (QED) is 0.870. The van der Waals surface area contributed by atoms with Gasteiger partial charge in [0.1, 0.15) is 0 Å². The highest BCUT2D eigenvalue weighted by Crippen LogP contribution is 2.34. The van der Waals surface area contributed by atoms with E-state index in [0.29, 0.717) is 45.0 Å². The number of ether oxygens (including phenoxy) is 1. The summed E-state index contributed by atoms with van der Waals surface area (Å²) in [7, 11) is 0. The van der Waals surface area contributed by atoms with E-state index >= 15 is 0 Å². The van der Waals surface area contributed by atoms with Crippen LogP contribution in [0.4, 0.5) is 0 Å². The smallest absolute Gasteiger partial charge is 0.228 e. The normalized spacial score (nSPS) is 23.4. The number of hydrogen-bond donors (Lipinski definition) is 1. The second-order valence-corrected chi connectivity index (χ2v) is 8.38. The van der Waals surface area contributed by atoms with Crippen LogP contribution >= 0.6 is 0 Å². The highest BCUT2D eigenvalue weighted by Gasteiger charge is 2.42. The molecular weight excluding hydrogens is 344 g/mol. The lowest BCUT2D eigenvalue weighted by Gasteiger charge is -2.40. The Morgan fingerprint density at radius 3 is 2.74 bits per heavy atom. The maximum Gasteiger partial charge on any atom is 0.228 e. The fourth-order valence-corrected chi connectivity index (χ4v) is 4.42. The number of likely N-dealkylation sites (tertiary alicyclic amines) is 1. The van der Waals surface area contributed by atoms with Crippen LogP contribution in [0.1, 0.15) is 49.9 Å². The largest absolute Gasteiger partial charge is 0.372 e. The van der Waals surface area contributed by atoms with Crippen LogP contribution in [0.2, 0.25) is 0 Å². The Hall–Kier alpha value is -1.89. The molecule has 1 aromatic heterocycles. The lowest BCUT2D eigenvalue weighted by Crippen LogP contribution is -2.49. The summed E-state index contributed by atoms with van der Waals surface area (Å²) in [4.78, 5) is 36.5. The van der Waals surface area contributed by atoms with Crippen molar-refractivity contribution in [3.63, 3.8) is 0 Å². The number of nitrogens with one attached hydrogen (secondary N) is 1. The molecule has 1 spiro atoms. The monoisotopic (exact) mass is 374 g/mol. The van der Waals surface area contributed by atoms with Gasteiger partial charge >= 0.3 is 0 Å². The maximum absolute atomic E-state index is 12.8. The molecule has 7 heteroatoms. The minimum Gasteiger partial charge on any atom is -0.372 e. The van der Waals surface area contributed by atoms with Crippen molar-refractivity contribution in [2.75, 3.05) is 32.8 Å². The molecule has 0 aromatic carbocycles. The van der Waals surface area contributed by atoms with Crippen molar-refractivity contribution in [2.45, 2.75) is 57.5 Å². The minimum absolute atomic E-state index is 0.103. The average Bonchev–Trinajstić information content (AvgIpc) is 2.94. The van der Waals surface area contributed by atoms with Crippen LogP contribution in [-0.4, -0.2) is 70.0 Å². The molecule has 1 N–H and O–H groups in total. The number of hydrogen-bond acceptors (Lipinski definition) is 4. The highest BCUT2D eigenvalue weighted by molar-refractivity contribution is 5.79. The number of rotatable bonds is 4. The molecule has 0 atom stereocenters. The predicted molar refractivity (Wildman–Crippen MR) is 100 cm³/mol. The van der Waals surface area contributed by atoms with Crippen molar-refractivity contribution in [3.05, 3.63) is 17.7 Å². The van der Waals surface area contributed by atoms with Crippen molar-refractivity contribution in [2.24, 2.45) is 5.92 Å². The summed E-state index contributed by atoms with van der Waals surface area (Å²) in [6.45, 7) is 5.44. The van der Waals surface area contributed by atoms with Gasteiger partial charge in [-0.25, -0.2) is 4.98 Å². The van der Waals surface area contributed by atoms with E-state index in [2.05, 4.69) is 9.97 Å². The Morgan fingerprint density at radius 2 is 2.11 bits per heavy atom. The number of nitrogens with zero attached hydrogens (tertiary/aromatic N) is 3. The number of aromatic amines is 1. The van der Waals surface area contributed by atoms with E-state index in [4.69, 9.17) is 4.74 Å². The molecule has 1 saturated carbocycles. The van der Waals surface area contributed by atoms with Crippen LogP contribution < -0.4 is 0 Å². The van der Waals surface area contributed by atoms with Gasteiger partial charge in [-0.1, -0.05) is 6.42 Å². The zero-order chi connectivity index (χ0) is 18.9. The van der Waals surface area contributed by atoms with Gasteiger partial charge in [0.05, 0.1) is 37.1 Å². The van der Waals surface area contributed by atoms with Gasteiger partial charge in [-0.2, -0.15) is 0 Å². The molecule has 3 fully saturated rings. The van der Waals surface area contributed by atoms with Crippen molar-refractivity contribution in [3.8, 4) is 0 Å². The number of aryl methyl sites for hydroxylation is 1. The molecular formula is C20H30N4O3. The van der Waals surface area contributed by atoms with Gasteiger partial charge in [-0.15, -0.1) is 0 Å². The summed E-state index contributed by atoms with van der Waals surface area (Å²) in [5.74, 6) is 1.02. The molecule has 3 heterocycles. The second-order valence-electron chi connectivity index (χ2n) is 8.38. The number of aromatic nitrogens is 2. The number of carbonyl (C=O) groups is 2. The van der Waals surface area contributed by atoms with Gasteiger partial charge in [0.2, 0.25) is 11.8 Å². The molecule has 0 radical (unpaired) electrons. The molecule has 1 aliphatic carbocycles. The van der Waals surface area contributed by atoms with Crippen LogP contribution in [0.15, 0.2) is 6.33 Å². The van der Waals surface area contributed by atoms with Gasteiger partial charge in [0.15, 0.2) is 0 Å². The van der Waals surface area contributed by atoms with E-state index in [1.165, 1.54) is 19.3 Å². The molecule has 0 unspecified atom stereocenters. The fourth-order valence-electron chi connectivity index (χ4n) is 4.42. The van der Waals surface area contributed by atoms with Gasteiger partial charge in [-0.05, 0) is 38.5 Å². The molecule has 1 aromatic rings. The van der Waals surface area contributed by atoms with Crippen LogP contribution in [0.25, 0.3) is 0 Å². The maximum atomic E-state index is 12.8. The van der Waals surface area contributed by atoms with Gasteiger partial charge in [0, 0.05) is 31.9 Å². The van der Waals surface area contributed by atoms with Crippen molar-refractivity contribution < 1.29 is 14.3 Å². The minimum atomic E-state index is -0.384. The van der Waals surface area contributed by atoms with E-state index in [9.17, 15) is 9.59 Å². The topological polar surface area (TPSA) is 78.5 Å². The highest BCUT2D eigenvalue weighted by atomic mass is 16.5. The molecule has 2 aliphatic heterocycles. The molecule has 4 rings (SSSR count). The molecule has 0 bridgehead atoms. The summed E-state index contributed by atoms with van der Waals surface area (Å²) in [6.07, 6.45) is 7.70. The van der Waals surface area contributed by atoms with Crippen LogP contribution in [0.3, 0.4) is 0 Å². The van der Waals surface area contributed by atoms with Crippen molar-refractivity contribution in [1.82, 2.24) is 19.8 Å². The van der Waals surface area contributed by atoms with Gasteiger partial charge < -0.3 is 19.5 Å². The van der Waals surface area contributed by atoms with Crippen molar-refractivity contribution in [1.29, 1.82) is 0 Å². The zero-order valence-corrected chi connectivity index (χ0v) is 16.2. The number of imidazole rings is 1. The lowest BCUT2D eigenvalue weighted by atomic mass is 9.84. The summed E-state index contributed by atoms with van der Waals surface area (Å²) in [5.41, 5.74) is 1.37. The molecule has 2 amide bonds. The number of piperidine rings is 1. The van der Waals surface area contributed by atoms with E-state index in [-0.39, 0.29) is 17.4 Å². The summed E-state index contributed by atoms with van der Waals surface area (Å²) in [5, 5.41) is 0. The SMILES string of the molecule is Cc1[nH]cnc1CC(=O)N1CCC2(CC1)CC(=O)N(CC1CCC1)CCO2. The number of carbonyl (C=O) groups excluding carboxylic acids is 2. The fraction of sp³-hybridized carbons (Fsp3) is 0.750. The van der Waals surface area contributed by atoms with E-state index in [1.807, 2.05) is 16.7 Å². The molecule has 148 valence electrons. The zero-order valence-electron chi connectivity index (χ0n) is 16.2. The van der Waals surface area contributed by atoms with Gasteiger partial charge in [0.25, 0.3) is 0 Å². The summed E-state index contributed by atoms with van der Waals surface area (Å²) in [6, 6.07) is 0. The standard InChI is InChI=1S/C20H30N4O3/c1-15-17(22-14-21-15)11-18(25)23-7-5-20(6-8-23)12-19(26)24(9-10-27-20)13-16-3-2-4-16/h14,16H,2-13H2,1H3,(H,21,22). The Kier molecular flexibility index (Phi) is 5.21. The second kappa shape index (κ2) is 7.62. The Balaban J connectivity index is 1.31. The van der Waals surface area contributed by atoms with E-state index in [0.717, 1.165) is 30.8 Å². The van der Waals surface area contributed by atoms with E-state index < -0.39 is 0 Å². The third kappa shape index (κ3) is 4.03. The molecule has 3 aliphatic rings. The molecule has 2 saturated heterocycles. The predicted octanol–water partition coefficient (Wildman–Crippen LogP) is 1.67. The third-order valence-corrected chi connectivity index (χ3v) is 6.58. The Labute approximate surface area is 160 Å². The first-order chi connectivity index (χ1) is 13.0. The average molecular weight is 374 g/mol. The first kappa shape index (κ1) is 18.5. The van der Waals surface area contributed by atoms with Crippen LogP contribution in [0.5, 0.6) is 0 Å². The number of amides is 2. The van der Waals surface area contributed by atoms with Gasteiger partial charge in [-0.3, -0.25) is 9.59 Å². The summed E-state index contributed by atoms with van der Waals surface area (Å²) < 4.78 is 6.20. The lowest BCUT2D eigenvalue weighted by molar-refractivity contribution is -0.141. The summed E-state index contributed by atoms with van der Waals surface area (Å²) >= 11 is 0. The Morgan fingerprint density at radius 1 is 1.33 bits per heavy atom. The number of H-pyrrole nitrogens is 1. The Bertz CT molecular complexity index is 689. The first-order valence-corrected chi connectivity index (χ1v) is 10.2. The first-order valence-electron chi connectivity index (χ1n) is 10.2. The van der Waals surface area contributed by atoms with Crippen LogP contribution in [-0.2, 0) is 20.7 Å². The molecule has 27 heavy (non-hydrogen) atoms. The van der Waals surface area contributed by atoms with Crippen LogP contribution in [0, 0.1) is 12.8 Å². The molecule has 7 nitrogen and oxygen atoms in total. The van der Waals surface area contributed by atoms with E-state index in [1.54, 1.807) is 6.33 Å². The van der Waals surface area contributed by atoms with Crippen molar-refractivity contribution >= 4 is 11.8 Å². The third-order valence-electron chi connectivity index (χ3n) is 6.58.